The van der Waals surface area contributed by atoms with Crippen LogP contribution in [0.5, 0.6) is 11.5 Å². The van der Waals surface area contributed by atoms with Gasteiger partial charge in [-0.2, -0.15) is 8.78 Å². The van der Waals surface area contributed by atoms with Gasteiger partial charge in [0.15, 0.2) is 5.76 Å². The van der Waals surface area contributed by atoms with Crippen LogP contribution in [0.3, 0.4) is 0 Å². The molecule has 5 nitrogen and oxygen atoms in total. The number of rotatable bonds is 9. The van der Waals surface area contributed by atoms with Crippen LogP contribution in [0, 0.1) is 0 Å². The molecule has 7 heteroatoms. The number of nitrogens with one attached hydrogen (secondary N) is 1. The summed E-state index contributed by atoms with van der Waals surface area (Å²) in [7, 11) is 0. The number of carbonyl (C=O) groups is 1. The van der Waals surface area contributed by atoms with Crippen molar-refractivity contribution in [1.29, 1.82) is 0 Å². The summed E-state index contributed by atoms with van der Waals surface area (Å²) in [5.74, 6) is 0.446. The van der Waals surface area contributed by atoms with Crippen LogP contribution in [0.2, 0.25) is 0 Å². The van der Waals surface area contributed by atoms with E-state index in [1.54, 1.807) is 18.2 Å². The molecular formula is C22H19F2NO4. The molecule has 0 bridgehead atoms. The van der Waals surface area contributed by atoms with E-state index in [9.17, 15) is 13.6 Å². The van der Waals surface area contributed by atoms with Gasteiger partial charge in [0.25, 0.3) is 5.91 Å². The Morgan fingerprint density at radius 2 is 1.79 bits per heavy atom. The van der Waals surface area contributed by atoms with Crippen LogP contribution >= 0.6 is 0 Å². The molecule has 0 spiro atoms. The fourth-order valence-corrected chi connectivity index (χ4v) is 2.65. The van der Waals surface area contributed by atoms with Gasteiger partial charge in [-0.3, -0.25) is 4.79 Å². The molecule has 0 radical (unpaired) electrons. The summed E-state index contributed by atoms with van der Waals surface area (Å²) in [5.41, 5.74) is 1.10. The smallest absolute Gasteiger partial charge is 0.387 e. The quantitative estimate of drug-likeness (QED) is 0.487. The first-order valence-electron chi connectivity index (χ1n) is 8.82. The Morgan fingerprint density at radius 1 is 1.07 bits per heavy atom. The molecule has 29 heavy (non-hydrogen) atoms. The minimum absolute atomic E-state index is 0.0230. The van der Waals surface area contributed by atoms with Crippen LogP contribution in [0.1, 0.15) is 21.9 Å². The number of carbonyl (C=O) groups excluding carboxylic acids is 1. The van der Waals surface area contributed by atoms with Crippen molar-refractivity contribution in [3.8, 4) is 11.5 Å². The maximum atomic E-state index is 12.5. The van der Waals surface area contributed by atoms with E-state index in [-0.39, 0.29) is 23.8 Å². The fraction of sp³-hybridized carbons (Fsp3) is 0.136. The van der Waals surface area contributed by atoms with E-state index in [1.165, 1.54) is 24.3 Å². The van der Waals surface area contributed by atoms with Gasteiger partial charge in [0.1, 0.15) is 23.9 Å². The van der Waals surface area contributed by atoms with Gasteiger partial charge < -0.3 is 19.2 Å². The van der Waals surface area contributed by atoms with E-state index in [1.807, 2.05) is 24.3 Å². The van der Waals surface area contributed by atoms with Gasteiger partial charge in [0.2, 0.25) is 0 Å². The van der Waals surface area contributed by atoms with Gasteiger partial charge in [-0.25, -0.2) is 0 Å². The Hall–Kier alpha value is -3.61. The minimum Gasteiger partial charge on any atom is -0.485 e. The Bertz CT molecular complexity index is 984. The lowest BCUT2D eigenvalue weighted by Gasteiger charge is -2.11. The van der Waals surface area contributed by atoms with Gasteiger partial charge in [0, 0.05) is 0 Å². The Balaban J connectivity index is 1.65. The predicted molar refractivity (Wildman–Crippen MR) is 104 cm³/mol. The number of benzene rings is 2. The SMILES string of the molecule is C=CCc1ccccc1OCc1ccc(C(=O)Nc2ccccc2OC(F)F)o1. The van der Waals surface area contributed by atoms with Gasteiger partial charge in [-0.15, -0.1) is 6.58 Å². The molecule has 3 aromatic rings. The van der Waals surface area contributed by atoms with Crippen LogP contribution in [-0.2, 0) is 13.0 Å². The Morgan fingerprint density at radius 3 is 2.55 bits per heavy atom. The molecule has 0 aliphatic rings. The Kier molecular flexibility index (Phi) is 6.63. The monoisotopic (exact) mass is 399 g/mol. The number of hydrogen-bond acceptors (Lipinski definition) is 4. The van der Waals surface area contributed by atoms with E-state index in [4.69, 9.17) is 9.15 Å². The van der Waals surface area contributed by atoms with Crippen LogP contribution < -0.4 is 14.8 Å². The number of allylic oxidation sites excluding steroid dienone is 1. The van der Waals surface area contributed by atoms with Crippen LogP contribution in [0.4, 0.5) is 14.5 Å². The summed E-state index contributed by atoms with van der Waals surface area (Å²) in [6, 6.07) is 16.6. The molecule has 0 unspecified atom stereocenters. The highest BCUT2D eigenvalue weighted by Gasteiger charge is 2.16. The van der Waals surface area contributed by atoms with Crippen molar-refractivity contribution in [2.75, 3.05) is 5.32 Å². The Labute approximate surface area is 166 Å². The normalized spacial score (nSPS) is 10.6. The molecule has 1 heterocycles. The molecule has 1 aromatic heterocycles. The highest BCUT2D eigenvalue weighted by atomic mass is 19.3. The van der Waals surface area contributed by atoms with Crippen LogP contribution in [-0.4, -0.2) is 12.5 Å². The van der Waals surface area contributed by atoms with E-state index in [0.717, 1.165) is 5.56 Å². The van der Waals surface area contributed by atoms with Crippen LogP contribution in [0.25, 0.3) is 0 Å². The largest absolute Gasteiger partial charge is 0.485 e. The zero-order valence-electron chi connectivity index (χ0n) is 15.4. The zero-order chi connectivity index (χ0) is 20.6. The van der Waals surface area contributed by atoms with Crippen molar-refractivity contribution < 1.29 is 27.5 Å². The molecule has 1 N–H and O–H groups in total. The highest BCUT2D eigenvalue weighted by molar-refractivity contribution is 6.03. The molecule has 0 atom stereocenters. The number of alkyl halides is 2. The number of ether oxygens (including phenoxy) is 2. The molecule has 0 aliphatic carbocycles. The summed E-state index contributed by atoms with van der Waals surface area (Å²) in [6.07, 6.45) is 2.45. The van der Waals surface area contributed by atoms with Crippen molar-refractivity contribution in [3.63, 3.8) is 0 Å². The van der Waals surface area contributed by atoms with Gasteiger partial charge in [-0.05, 0) is 42.3 Å². The first kappa shape index (κ1) is 20.1. The number of anilines is 1. The molecule has 1 amide bonds. The topological polar surface area (TPSA) is 60.7 Å². The molecule has 3 rings (SSSR count). The number of hydrogen-bond donors (Lipinski definition) is 1. The van der Waals surface area contributed by atoms with Crippen molar-refractivity contribution in [2.45, 2.75) is 19.6 Å². The maximum absolute atomic E-state index is 12.5. The summed E-state index contributed by atoms with van der Waals surface area (Å²) in [6.45, 7) is 0.861. The lowest BCUT2D eigenvalue weighted by Crippen LogP contribution is -2.13. The first-order chi connectivity index (χ1) is 14.1. The second kappa shape index (κ2) is 9.54. The third-order valence-corrected chi connectivity index (χ3v) is 3.94. The molecule has 150 valence electrons. The number of furan rings is 1. The average Bonchev–Trinajstić information content (AvgIpc) is 3.18. The summed E-state index contributed by atoms with van der Waals surface area (Å²) in [5, 5.41) is 2.50. The summed E-state index contributed by atoms with van der Waals surface area (Å²) >= 11 is 0. The lowest BCUT2D eigenvalue weighted by atomic mass is 10.1. The molecule has 0 saturated carbocycles. The van der Waals surface area contributed by atoms with Gasteiger partial charge >= 0.3 is 6.61 Å². The fourth-order valence-electron chi connectivity index (χ4n) is 2.65. The maximum Gasteiger partial charge on any atom is 0.387 e. The summed E-state index contributed by atoms with van der Waals surface area (Å²) < 4.78 is 40.7. The first-order valence-corrected chi connectivity index (χ1v) is 8.82. The van der Waals surface area contributed by atoms with E-state index < -0.39 is 12.5 Å². The van der Waals surface area contributed by atoms with Crippen LogP contribution in [0.15, 0.2) is 77.7 Å². The number of amides is 1. The molecule has 0 fully saturated rings. The zero-order valence-corrected chi connectivity index (χ0v) is 15.4. The van der Waals surface area contributed by atoms with E-state index >= 15 is 0 Å². The summed E-state index contributed by atoms with van der Waals surface area (Å²) in [4.78, 5) is 12.4. The van der Waals surface area contributed by atoms with Crippen molar-refractivity contribution >= 4 is 11.6 Å². The average molecular weight is 399 g/mol. The van der Waals surface area contributed by atoms with Crippen molar-refractivity contribution in [2.24, 2.45) is 0 Å². The second-order valence-electron chi connectivity index (χ2n) is 5.98. The highest BCUT2D eigenvalue weighted by Crippen LogP contribution is 2.26. The van der Waals surface area contributed by atoms with Gasteiger partial charge in [-0.1, -0.05) is 36.4 Å². The minimum atomic E-state index is -3.00. The number of halogens is 2. The number of para-hydroxylation sites is 3. The van der Waals surface area contributed by atoms with E-state index in [0.29, 0.717) is 17.9 Å². The van der Waals surface area contributed by atoms with Crippen molar-refractivity contribution in [3.05, 3.63) is 90.4 Å². The molecule has 0 saturated heterocycles. The third kappa shape index (κ3) is 5.44. The lowest BCUT2D eigenvalue weighted by molar-refractivity contribution is -0.0493. The predicted octanol–water partition coefficient (Wildman–Crippen LogP) is 5.44. The van der Waals surface area contributed by atoms with E-state index in [2.05, 4.69) is 16.6 Å². The third-order valence-electron chi connectivity index (χ3n) is 3.94. The molecule has 0 aliphatic heterocycles. The van der Waals surface area contributed by atoms with Gasteiger partial charge in [0.05, 0.1) is 5.69 Å². The second-order valence-corrected chi connectivity index (χ2v) is 5.98. The molecular weight excluding hydrogens is 380 g/mol. The molecule has 2 aromatic carbocycles. The standard InChI is InChI=1S/C22H19F2NO4/c1-2-7-15-8-3-5-10-18(15)27-14-16-12-13-20(28-16)21(26)25-17-9-4-6-11-19(17)29-22(23)24/h2-6,8-13,22H,1,7,14H2,(H,25,26). The van der Waals surface area contributed by atoms with Crippen molar-refractivity contribution in [1.82, 2.24) is 0 Å².